The first-order valence-electron chi connectivity index (χ1n) is 11.8. The molecular weight excluding hydrogens is 434 g/mol. The Morgan fingerprint density at radius 1 is 1.18 bits per heavy atom. The highest BCUT2D eigenvalue weighted by atomic mass is 32.1. The van der Waals surface area contributed by atoms with E-state index in [0.29, 0.717) is 28.5 Å². The molecule has 4 heterocycles. The van der Waals surface area contributed by atoms with Crippen molar-refractivity contribution in [2.45, 2.75) is 50.2 Å². The van der Waals surface area contributed by atoms with E-state index in [-0.39, 0.29) is 11.9 Å². The van der Waals surface area contributed by atoms with Gasteiger partial charge < -0.3 is 26.0 Å². The number of aromatic nitrogens is 1. The van der Waals surface area contributed by atoms with Crippen molar-refractivity contribution in [2.24, 2.45) is 0 Å². The molecule has 2 aromatic heterocycles. The van der Waals surface area contributed by atoms with Gasteiger partial charge in [-0.3, -0.25) is 4.79 Å². The lowest BCUT2D eigenvalue weighted by molar-refractivity contribution is 0.0938. The van der Waals surface area contributed by atoms with Crippen LogP contribution in [-0.2, 0) is 12.8 Å². The number of nitrogens with one attached hydrogen (secondary N) is 2. The van der Waals surface area contributed by atoms with Crippen LogP contribution in [0.3, 0.4) is 0 Å². The number of anilines is 2. The number of nitrogens with two attached hydrogens (primary N) is 1. The number of carbonyl (C=O) groups is 1. The molecule has 0 saturated carbocycles. The maximum atomic E-state index is 13.1. The average Bonchev–Trinajstić information content (AvgIpc) is 3.30. The van der Waals surface area contributed by atoms with E-state index in [1.807, 2.05) is 6.07 Å². The first-order valence-corrected chi connectivity index (χ1v) is 12.6. The Morgan fingerprint density at radius 2 is 2.00 bits per heavy atom. The summed E-state index contributed by atoms with van der Waals surface area (Å²) >= 11 is 1.32. The van der Waals surface area contributed by atoms with E-state index in [1.165, 1.54) is 41.0 Å². The summed E-state index contributed by atoms with van der Waals surface area (Å²) in [6.45, 7) is 2.18. The van der Waals surface area contributed by atoms with Crippen LogP contribution >= 0.6 is 11.3 Å². The fraction of sp³-hybridized carbons (Fsp3) is 0.440. The second kappa shape index (κ2) is 8.18. The first-order chi connectivity index (χ1) is 16.1. The summed E-state index contributed by atoms with van der Waals surface area (Å²) < 4.78 is 5.20. The van der Waals surface area contributed by atoms with E-state index in [2.05, 4.69) is 38.7 Å². The van der Waals surface area contributed by atoms with Gasteiger partial charge in [-0.15, -0.1) is 11.3 Å². The highest BCUT2D eigenvalue weighted by Crippen LogP contribution is 2.36. The third-order valence-electron chi connectivity index (χ3n) is 7.42. The number of amides is 1. The van der Waals surface area contributed by atoms with Gasteiger partial charge in [-0.1, -0.05) is 6.07 Å². The van der Waals surface area contributed by atoms with Gasteiger partial charge in [-0.25, -0.2) is 4.98 Å². The number of ether oxygens (including phenoxy) is 1. The summed E-state index contributed by atoms with van der Waals surface area (Å²) in [6.07, 6.45) is 5.34. The number of methoxy groups -OCH3 is 1. The molecule has 2 unspecified atom stereocenters. The molecule has 3 atom stereocenters. The van der Waals surface area contributed by atoms with Gasteiger partial charge in [0.1, 0.15) is 9.71 Å². The zero-order valence-electron chi connectivity index (χ0n) is 18.8. The Hall–Kier alpha value is -2.84. The number of rotatable bonds is 4. The predicted molar refractivity (Wildman–Crippen MR) is 132 cm³/mol. The minimum absolute atomic E-state index is 0.110. The molecule has 2 bridgehead atoms. The van der Waals surface area contributed by atoms with Crippen molar-refractivity contribution in [3.63, 3.8) is 0 Å². The minimum atomic E-state index is -0.114. The number of benzene rings is 1. The number of nitrogen functional groups attached to an aromatic ring is 1. The topological polar surface area (TPSA) is 92.5 Å². The number of nitrogens with zero attached hydrogens (tertiary/aromatic N) is 2. The van der Waals surface area contributed by atoms with E-state index in [1.54, 1.807) is 13.2 Å². The lowest BCUT2D eigenvalue weighted by atomic mass is 9.87. The maximum absolute atomic E-state index is 13.1. The van der Waals surface area contributed by atoms with Crippen LogP contribution in [0.5, 0.6) is 5.88 Å². The number of carbonyl (C=O) groups excluding carboxylic acids is 1. The van der Waals surface area contributed by atoms with E-state index in [9.17, 15) is 4.79 Å². The zero-order valence-corrected chi connectivity index (χ0v) is 19.6. The zero-order chi connectivity index (χ0) is 22.5. The number of thiophene rings is 1. The van der Waals surface area contributed by atoms with Crippen LogP contribution in [0.1, 0.15) is 40.1 Å². The fourth-order valence-electron chi connectivity index (χ4n) is 5.74. The maximum Gasteiger partial charge on any atom is 0.263 e. The minimum Gasteiger partial charge on any atom is -0.481 e. The average molecular weight is 464 g/mol. The van der Waals surface area contributed by atoms with Gasteiger partial charge in [0, 0.05) is 48.4 Å². The van der Waals surface area contributed by atoms with Crippen molar-refractivity contribution in [3.8, 4) is 5.88 Å². The van der Waals surface area contributed by atoms with E-state index in [4.69, 9.17) is 10.5 Å². The summed E-state index contributed by atoms with van der Waals surface area (Å²) in [5.74, 6) is 0.407. The van der Waals surface area contributed by atoms with Crippen molar-refractivity contribution >= 4 is 38.8 Å². The molecule has 2 fully saturated rings. The second-order valence-corrected chi connectivity index (χ2v) is 10.4. The summed E-state index contributed by atoms with van der Waals surface area (Å²) in [6, 6.07) is 11.9. The molecular formula is C25H29N5O2S. The monoisotopic (exact) mass is 463 g/mol. The van der Waals surface area contributed by atoms with Crippen molar-refractivity contribution < 1.29 is 9.53 Å². The molecule has 2 aliphatic heterocycles. The van der Waals surface area contributed by atoms with Crippen LogP contribution in [0.15, 0.2) is 30.3 Å². The van der Waals surface area contributed by atoms with Crippen LogP contribution in [0.4, 0.5) is 11.4 Å². The number of piperazine rings is 1. The van der Waals surface area contributed by atoms with Crippen LogP contribution in [0.25, 0.3) is 10.2 Å². The number of aryl methyl sites for hydroxylation is 1. The number of fused-ring (bicyclic) bond motifs is 4. The third-order valence-corrected chi connectivity index (χ3v) is 8.53. The molecule has 0 radical (unpaired) electrons. The number of pyridine rings is 1. The lowest BCUT2D eigenvalue weighted by Gasteiger charge is -2.38. The van der Waals surface area contributed by atoms with E-state index < -0.39 is 0 Å². The van der Waals surface area contributed by atoms with Gasteiger partial charge in [-0.05, 0) is 61.4 Å². The number of hydrogen-bond acceptors (Lipinski definition) is 7. The molecule has 0 spiro atoms. The highest BCUT2D eigenvalue weighted by Gasteiger charge is 2.36. The van der Waals surface area contributed by atoms with Crippen LogP contribution < -0.4 is 26.0 Å². The molecule has 7 nitrogen and oxygen atoms in total. The molecule has 33 heavy (non-hydrogen) atoms. The lowest BCUT2D eigenvalue weighted by Crippen LogP contribution is -2.52. The molecule has 172 valence electrons. The van der Waals surface area contributed by atoms with Crippen molar-refractivity contribution in [2.75, 3.05) is 30.8 Å². The summed E-state index contributed by atoms with van der Waals surface area (Å²) in [5.41, 5.74) is 10.9. The molecule has 3 aliphatic rings. The van der Waals surface area contributed by atoms with Gasteiger partial charge in [0.2, 0.25) is 5.88 Å². The van der Waals surface area contributed by atoms with Gasteiger partial charge in [0.25, 0.3) is 5.91 Å². The SMILES string of the molecule is COc1ccc2c(N)c(C(=O)N[C@H]3CCc4cc(N5C6CCC5CNC6)ccc4C3)sc2n1. The molecule has 1 aliphatic carbocycles. The highest BCUT2D eigenvalue weighted by molar-refractivity contribution is 7.21. The Bertz CT molecular complexity index is 1210. The van der Waals surface area contributed by atoms with E-state index >= 15 is 0 Å². The molecule has 8 heteroatoms. The van der Waals surface area contributed by atoms with Crippen LogP contribution in [0.2, 0.25) is 0 Å². The molecule has 1 amide bonds. The van der Waals surface area contributed by atoms with Crippen molar-refractivity contribution in [1.82, 2.24) is 15.6 Å². The van der Waals surface area contributed by atoms with Crippen LogP contribution in [-0.4, -0.2) is 49.2 Å². The smallest absolute Gasteiger partial charge is 0.263 e. The largest absolute Gasteiger partial charge is 0.481 e. The van der Waals surface area contributed by atoms with Gasteiger partial charge in [-0.2, -0.15) is 0 Å². The Morgan fingerprint density at radius 3 is 2.79 bits per heavy atom. The summed E-state index contributed by atoms with van der Waals surface area (Å²) in [5, 5.41) is 7.59. The normalized spacial score (nSPS) is 24.0. The second-order valence-electron chi connectivity index (χ2n) is 9.37. The number of hydrogen-bond donors (Lipinski definition) is 3. The Labute approximate surface area is 197 Å². The first kappa shape index (κ1) is 20.7. The third kappa shape index (κ3) is 3.61. The summed E-state index contributed by atoms with van der Waals surface area (Å²) in [4.78, 5) is 21.4. The molecule has 6 rings (SSSR count). The van der Waals surface area contributed by atoms with Gasteiger partial charge in [0.15, 0.2) is 0 Å². The molecule has 4 N–H and O–H groups in total. The van der Waals surface area contributed by atoms with E-state index in [0.717, 1.165) is 42.6 Å². The van der Waals surface area contributed by atoms with Gasteiger partial charge in [0.05, 0.1) is 12.8 Å². The van der Waals surface area contributed by atoms with Crippen LogP contribution in [0, 0.1) is 0 Å². The standard InChI is InChI=1S/C25H29N5O2S/c1-32-21-9-8-20-22(26)23(33-25(20)29-21)24(31)28-16-4-2-15-11-17(5-3-14(15)10-16)30-18-6-7-19(30)13-27-12-18/h3,5,8-9,11,16,18-19,27H,2,4,6-7,10,12-13,26H2,1H3,(H,28,31)/t16-,18?,19?/m0/s1. The quantitative estimate of drug-likeness (QED) is 0.551. The Balaban J connectivity index is 1.17. The fourth-order valence-corrected chi connectivity index (χ4v) is 6.73. The molecule has 2 saturated heterocycles. The molecule has 3 aromatic rings. The van der Waals surface area contributed by atoms with Crippen molar-refractivity contribution in [1.29, 1.82) is 0 Å². The summed E-state index contributed by atoms with van der Waals surface area (Å²) in [7, 11) is 1.58. The Kier molecular flexibility index (Phi) is 5.14. The molecule has 1 aromatic carbocycles. The van der Waals surface area contributed by atoms with Gasteiger partial charge >= 0.3 is 0 Å². The predicted octanol–water partition coefficient (Wildman–Crippen LogP) is 3.12. The van der Waals surface area contributed by atoms with Crippen molar-refractivity contribution in [3.05, 3.63) is 46.3 Å².